The molecular formula is C15H12Cl4N2O3S. The normalized spacial score (nSPS) is 11.4. The van der Waals surface area contributed by atoms with Gasteiger partial charge in [-0.1, -0.05) is 52.5 Å². The number of sulfonamides is 1. The molecule has 2 aromatic rings. The van der Waals surface area contributed by atoms with Gasteiger partial charge in [-0.25, -0.2) is 13.1 Å². The second-order valence-electron chi connectivity index (χ2n) is 4.91. The van der Waals surface area contributed by atoms with Gasteiger partial charge in [0.05, 0.1) is 11.6 Å². The van der Waals surface area contributed by atoms with Crippen LogP contribution in [0.5, 0.6) is 0 Å². The summed E-state index contributed by atoms with van der Waals surface area (Å²) in [7, 11) is -3.98. The van der Waals surface area contributed by atoms with Gasteiger partial charge in [-0.2, -0.15) is 0 Å². The van der Waals surface area contributed by atoms with Gasteiger partial charge in [0, 0.05) is 21.6 Å². The summed E-state index contributed by atoms with van der Waals surface area (Å²) in [5.74, 6) is -0.534. The molecule has 0 bridgehead atoms. The van der Waals surface area contributed by atoms with Gasteiger partial charge in [0.2, 0.25) is 15.9 Å². The Hall–Kier alpha value is -1.02. The maximum atomic E-state index is 12.2. The Morgan fingerprint density at radius 2 is 1.56 bits per heavy atom. The molecule has 0 aliphatic carbocycles. The molecule has 0 spiro atoms. The quantitative estimate of drug-likeness (QED) is 0.713. The zero-order chi connectivity index (χ0) is 18.6. The molecule has 25 heavy (non-hydrogen) atoms. The lowest BCUT2D eigenvalue weighted by Gasteiger charge is -2.10. The first-order valence-electron chi connectivity index (χ1n) is 6.84. The molecule has 0 aliphatic heterocycles. The van der Waals surface area contributed by atoms with E-state index in [1.807, 2.05) is 0 Å². The van der Waals surface area contributed by atoms with E-state index in [9.17, 15) is 13.2 Å². The zero-order valence-electron chi connectivity index (χ0n) is 12.5. The Bertz CT molecular complexity index is 904. The highest BCUT2D eigenvalue weighted by molar-refractivity contribution is 7.89. The van der Waals surface area contributed by atoms with Crippen LogP contribution in [0.15, 0.2) is 41.3 Å². The molecule has 134 valence electrons. The number of halogens is 4. The fraction of sp³-hybridized carbons (Fsp3) is 0.133. The van der Waals surface area contributed by atoms with Crippen LogP contribution in [0.4, 0.5) is 0 Å². The van der Waals surface area contributed by atoms with Crippen LogP contribution in [0.2, 0.25) is 20.1 Å². The van der Waals surface area contributed by atoms with Crippen molar-refractivity contribution in [3.63, 3.8) is 0 Å². The van der Waals surface area contributed by atoms with Crippen molar-refractivity contribution in [3.8, 4) is 0 Å². The Morgan fingerprint density at radius 3 is 2.24 bits per heavy atom. The van der Waals surface area contributed by atoms with Gasteiger partial charge >= 0.3 is 0 Å². The van der Waals surface area contributed by atoms with Crippen molar-refractivity contribution in [3.05, 3.63) is 62.1 Å². The Balaban J connectivity index is 1.96. The first-order chi connectivity index (χ1) is 11.7. The van der Waals surface area contributed by atoms with Crippen LogP contribution in [0.25, 0.3) is 0 Å². The van der Waals surface area contributed by atoms with Crippen molar-refractivity contribution in [2.75, 3.05) is 6.54 Å². The number of carbonyl (C=O) groups is 1. The molecule has 2 N–H and O–H groups in total. The van der Waals surface area contributed by atoms with Crippen molar-refractivity contribution in [1.82, 2.24) is 10.0 Å². The zero-order valence-corrected chi connectivity index (χ0v) is 16.4. The monoisotopic (exact) mass is 440 g/mol. The van der Waals surface area contributed by atoms with Crippen molar-refractivity contribution in [2.24, 2.45) is 0 Å². The van der Waals surface area contributed by atoms with Crippen LogP contribution in [0.1, 0.15) is 5.56 Å². The van der Waals surface area contributed by atoms with Gasteiger partial charge in [0.1, 0.15) is 4.90 Å². The van der Waals surface area contributed by atoms with Crippen molar-refractivity contribution in [1.29, 1.82) is 0 Å². The van der Waals surface area contributed by atoms with Crippen LogP contribution in [-0.4, -0.2) is 20.9 Å². The number of hydrogen-bond acceptors (Lipinski definition) is 3. The van der Waals surface area contributed by atoms with Gasteiger partial charge in [0.15, 0.2) is 0 Å². The molecule has 1 amide bonds. The number of carbonyl (C=O) groups excluding carboxylic acids is 1. The van der Waals surface area contributed by atoms with E-state index >= 15 is 0 Å². The lowest BCUT2D eigenvalue weighted by atomic mass is 10.2. The number of rotatable bonds is 6. The smallest absolute Gasteiger partial charge is 0.242 e. The van der Waals surface area contributed by atoms with E-state index in [2.05, 4.69) is 10.0 Å². The van der Waals surface area contributed by atoms with Crippen LogP contribution in [-0.2, 0) is 21.4 Å². The van der Waals surface area contributed by atoms with E-state index in [0.717, 1.165) is 0 Å². The highest BCUT2D eigenvalue weighted by atomic mass is 35.5. The average Bonchev–Trinajstić information content (AvgIpc) is 2.54. The van der Waals surface area contributed by atoms with Crippen LogP contribution < -0.4 is 10.0 Å². The molecule has 2 rings (SSSR count). The minimum Gasteiger partial charge on any atom is -0.351 e. The van der Waals surface area contributed by atoms with Gasteiger partial charge in [-0.05, 0) is 35.9 Å². The van der Waals surface area contributed by atoms with E-state index < -0.39 is 22.5 Å². The Morgan fingerprint density at radius 1 is 0.920 bits per heavy atom. The van der Waals surface area contributed by atoms with E-state index in [0.29, 0.717) is 15.6 Å². The molecule has 0 saturated carbocycles. The summed E-state index contributed by atoms with van der Waals surface area (Å²) in [4.78, 5) is 11.7. The standard InChI is InChI=1S/C15H12Cl4N2O3S/c16-10-2-1-9(13(19)5-10)7-20-15(22)8-21-25(23,24)14-6-11(17)3-4-12(14)18/h1-6,21H,7-8H2,(H,20,22). The summed E-state index contributed by atoms with van der Waals surface area (Å²) < 4.78 is 26.6. The minimum absolute atomic E-state index is 0.00487. The Kier molecular flexibility index (Phi) is 6.96. The first kappa shape index (κ1) is 20.3. The fourth-order valence-corrected chi connectivity index (χ4v) is 4.06. The number of hydrogen-bond donors (Lipinski definition) is 2. The van der Waals surface area contributed by atoms with E-state index in [1.54, 1.807) is 18.2 Å². The third-order valence-corrected chi connectivity index (χ3v) is 5.80. The highest BCUT2D eigenvalue weighted by Gasteiger charge is 2.19. The van der Waals surface area contributed by atoms with Gasteiger partial charge in [-0.15, -0.1) is 0 Å². The molecular weight excluding hydrogens is 430 g/mol. The summed E-state index contributed by atoms with van der Waals surface area (Å²) in [5, 5.41) is 3.66. The molecule has 5 nitrogen and oxygen atoms in total. The van der Waals surface area contributed by atoms with Crippen molar-refractivity contribution >= 4 is 62.3 Å². The SMILES string of the molecule is O=C(CNS(=O)(=O)c1cc(Cl)ccc1Cl)NCc1ccc(Cl)cc1Cl. The van der Waals surface area contributed by atoms with Crippen LogP contribution >= 0.6 is 46.4 Å². The minimum atomic E-state index is -3.98. The summed E-state index contributed by atoms with van der Waals surface area (Å²) in [6.07, 6.45) is 0. The largest absolute Gasteiger partial charge is 0.351 e. The third kappa shape index (κ3) is 5.74. The lowest BCUT2D eigenvalue weighted by molar-refractivity contribution is -0.120. The van der Waals surface area contributed by atoms with Crippen molar-refractivity contribution in [2.45, 2.75) is 11.4 Å². The van der Waals surface area contributed by atoms with E-state index in [1.165, 1.54) is 18.2 Å². The summed E-state index contributed by atoms with van der Waals surface area (Å²) in [6, 6.07) is 8.89. The summed E-state index contributed by atoms with van der Waals surface area (Å²) in [5.41, 5.74) is 0.653. The van der Waals surface area contributed by atoms with E-state index in [-0.39, 0.29) is 21.5 Å². The highest BCUT2D eigenvalue weighted by Crippen LogP contribution is 2.24. The molecule has 10 heteroatoms. The molecule has 0 fully saturated rings. The maximum Gasteiger partial charge on any atom is 0.242 e. The fourth-order valence-electron chi connectivity index (χ4n) is 1.84. The molecule has 0 heterocycles. The van der Waals surface area contributed by atoms with Gasteiger partial charge in [-0.3, -0.25) is 4.79 Å². The molecule has 2 aromatic carbocycles. The van der Waals surface area contributed by atoms with Crippen LogP contribution in [0.3, 0.4) is 0 Å². The van der Waals surface area contributed by atoms with E-state index in [4.69, 9.17) is 46.4 Å². The molecule has 0 unspecified atom stereocenters. The van der Waals surface area contributed by atoms with Gasteiger partial charge in [0.25, 0.3) is 0 Å². The number of nitrogens with one attached hydrogen (secondary N) is 2. The summed E-state index contributed by atoms with van der Waals surface area (Å²) >= 11 is 23.4. The topological polar surface area (TPSA) is 75.3 Å². The maximum absolute atomic E-state index is 12.2. The average molecular weight is 442 g/mol. The first-order valence-corrected chi connectivity index (χ1v) is 9.84. The van der Waals surface area contributed by atoms with Crippen molar-refractivity contribution < 1.29 is 13.2 Å². The predicted molar refractivity (Wildman–Crippen MR) is 100.0 cm³/mol. The summed E-state index contributed by atoms with van der Waals surface area (Å²) in [6.45, 7) is -0.329. The molecule has 0 atom stereocenters. The number of amides is 1. The second kappa shape index (κ2) is 8.58. The molecule has 0 radical (unpaired) electrons. The predicted octanol–water partition coefficient (Wildman–Crippen LogP) is 3.89. The van der Waals surface area contributed by atoms with Gasteiger partial charge < -0.3 is 5.32 Å². The second-order valence-corrected chi connectivity index (χ2v) is 8.33. The molecule has 0 saturated heterocycles. The number of benzene rings is 2. The lowest BCUT2D eigenvalue weighted by Crippen LogP contribution is -2.36. The third-order valence-electron chi connectivity index (χ3n) is 3.10. The Labute approximate surface area is 165 Å². The van der Waals surface area contributed by atoms with Crippen LogP contribution in [0, 0.1) is 0 Å². The molecule has 0 aliphatic rings. The molecule has 0 aromatic heterocycles.